The van der Waals surface area contributed by atoms with Crippen LogP contribution in [0.5, 0.6) is 0 Å². The fourth-order valence-electron chi connectivity index (χ4n) is 5.49. The first-order valence-electron chi connectivity index (χ1n) is 13.1. The van der Waals surface area contributed by atoms with Gasteiger partial charge in [-0.25, -0.2) is 9.37 Å². The summed E-state index contributed by atoms with van der Waals surface area (Å²) in [5.41, 5.74) is 8.74. The lowest BCUT2D eigenvalue weighted by Crippen LogP contribution is -2.29. The smallest absolute Gasteiger partial charge is 0.159 e. The molecule has 3 aromatic carbocycles. The molecule has 2 N–H and O–H groups in total. The maximum absolute atomic E-state index is 13.5. The first-order chi connectivity index (χ1) is 18.7. The highest BCUT2D eigenvalue weighted by Crippen LogP contribution is 2.33. The molecule has 1 aliphatic heterocycles. The zero-order chi connectivity index (χ0) is 25.5. The Morgan fingerprint density at radius 1 is 0.816 bits per heavy atom. The number of halogens is 1. The van der Waals surface area contributed by atoms with E-state index in [1.54, 1.807) is 12.1 Å². The van der Waals surface area contributed by atoms with E-state index >= 15 is 0 Å². The summed E-state index contributed by atoms with van der Waals surface area (Å²) in [7, 11) is 0. The van der Waals surface area contributed by atoms with E-state index < -0.39 is 0 Å². The van der Waals surface area contributed by atoms with Gasteiger partial charge in [0.05, 0.1) is 16.6 Å². The molecule has 1 saturated heterocycles. The lowest BCUT2D eigenvalue weighted by Gasteiger charge is -2.26. The van der Waals surface area contributed by atoms with Crippen LogP contribution in [0, 0.1) is 5.82 Å². The van der Waals surface area contributed by atoms with Crippen molar-refractivity contribution in [1.82, 2.24) is 30.0 Å². The van der Waals surface area contributed by atoms with Crippen molar-refractivity contribution in [2.24, 2.45) is 0 Å². The van der Waals surface area contributed by atoms with E-state index in [2.05, 4.69) is 49.3 Å². The molecule has 38 heavy (non-hydrogen) atoms. The van der Waals surface area contributed by atoms with Crippen molar-refractivity contribution < 1.29 is 4.39 Å². The van der Waals surface area contributed by atoms with Gasteiger partial charge >= 0.3 is 0 Å². The number of para-hydroxylation sites is 1. The van der Waals surface area contributed by atoms with Gasteiger partial charge in [-0.15, -0.1) is 0 Å². The fourth-order valence-corrected chi connectivity index (χ4v) is 5.49. The average molecular weight is 503 g/mol. The Balaban J connectivity index is 1.25. The van der Waals surface area contributed by atoms with Crippen molar-refractivity contribution in [1.29, 1.82) is 0 Å². The fraction of sp³-hybridized carbons (Fsp3) is 0.194. The summed E-state index contributed by atoms with van der Waals surface area (Å²) < 4.78 is 13.5. The van der Waals surface area contributed by atoms with Gasteiger partial charge in [0.2, 0.25) is 0 Å². The topological polar surface area (TPSA) is 73.5 Å². The molecule has 0 atom stereocenters. The van der Waals surface area contributed by atoms with Gasteiger partial charge in [0.25, 0.3) is 0 Å². The average Bonchev–Trinajstić information content (AvgIpc) is 3.58. The van der Waals surface area contributed by atoms with Crippen LogP contribution in [0.4, 0.5) is 4.39 Å². The second kappa shape index (κ2) is 9.50. The van der Waals surface area contributed by atoms with Crippen molar-refractivity contribution in [3.63, 3.8) is 0 Å². The van der Waals surface area contributed by atoms with E-state index in [9.17, 15) is 4.39 Å². The maximum Gasteiger partial charge on any atom is 0.159 e. The number of piperidine rings is 1. The highest BCUT2D eigenvalue weighted by Gasteiger charge is 2.16. The molecule has 0 aliphatic carbocycles. The monoisotopic (exact) mass is 502 g/mol. The third-order valence-electron chi connectivity index (χ3n) is 7.44. The number of hydrogen-bond donors (Lipinski definition) is 2. The van der Waals surface area contributed by atoms with Crippen molar-refractivity contribution in [2.45, 2.75) is 25.8 Å². The van der Waals surface area contributed by atoms with Crippen molar-refractivity contribution in [3.8, 4) is 33.8 Å². The van der Waals surface area contributed by atoms with E-state index in [0.29, 0.717) is 5.82 Å². The minimum Gasteiger partial charge on any atom is -0.337 e. The van der Waals surface area contributed by atoms with Crippen LogP contribution in [-0.4, -0.2) is 43.1 Å². The molecule has 1 aliphatic rings. The first kappa shape index (κ1) is 22.8. The normalized spacial score (nSPS) is 14.4. The van der Waals surface area contributed by atoms with Crippen LogP contribution in [0.2, 0.25) is 0 Å². The van der Waals surface area contributed by atoms with Crippen LogP contribution < -0.4 is 0 Å². The summed E-state index contributed by atoms with van der Waals surface area (Å²) in [4.78, 5) is 15.4. The van der Waals surface area contributed by atoms with Gasteiger partial charge in [0, 0.05) is 35.5 Å². The number of rotatable bonds is 5. The van der Waals surface area contributed by atoms with E-state index in [0.717, 1.165) is 69.5 Å². The molecule has 6 aromatic rings. The van der Waals surface area contributed by atoms with Crippen LogP contribution in [0.3, 0.4) is 0 Å². The summed E-state index contributed by atoms with van der Waals surface area (Å²) >= 11 is 0. The molecule has 1 fully saturated rings. The molecule has 0 unspecified atom stereocenters. The molecule has 7 heteroatoms. The highest BCUT2D eigenvalue weighted by atomic mass is 19.1. The van der Waals surface area contributed by atoms with Gasteiger partial charge in [0.15, 0.2) is 5.82 Å². The number of imidazole rings is 1. The number of nitrogens with zero attached hydrogens (tertiary/aromatic N) is 4. The molecule has 7 rings (SSSR count). The number of benzene rings is 3. The van der Waals surface area contributed by atoms with E-state index in [-0.39, 0.29) is 5.82 Å². The van der Waals surface area contributed by atoms with Crippen LogP contribution in [0.15, 0.2) is 79.1 Å². The van der Waals surface area contributed by atoms with Gasteiger partial charge < -0.3 is 4.98 Å². The van der Waals surface area contributed by atoms with Crippen LogP contribution in [0.1, 0.15) is 24.8 Å². The minimum absolute atomic E-state index is 0.255. The second-order valence-corrected chi connectivity index (χ2v) is 10.0. The number of hydrogen-bond acceptors (Lipinski definition) is 4. The highest BCUT2D eigenvalue weighted by molar-refractivity contribution is 5.98. The van der Waals surface area contributed by atoms with Gasteiger partial charge in [-0.3, -0.25) is 15.0 Å². The number of pyridine rings is 1. The molecule has 4 heterocycles. The third-order valence-corrected chi connectivity index (χ3v) is 7.44. The number of aromatic amines is 2. The Morgan fingerprint density at radius 2 is 1.66 bits per heavy atom. The SMILES string of the molecule is Fc1ccc(-c2cccc3[nH]c(-c4n[nH]c5ccc(-c6cncc(CN7CCCCC7)c6)cc45)nc23)cc1. The molecular weight excluding hydrogens is 475 g/mol. The molecule has 0 amide bonds. The maximum atomic E-state index is 13.5. The molecule has 6 nitrogen and oxygen atoms in total. The van der Waals surface area contributed by atoms with Gasteiger partial charge in [-0.05, 0) is 79.0 Å². The van der Waals surface area contributed by atoms with Gasteiger partial charge in [0.1, 0.15) is 11.5 Å². The van der Waals surface area contributed by atoms with Gasteiger partial charge in [-0.2, -0.15) is 5.10 Å². The molecular formula is C31H27FN6. The van der Waals surface area contributed by atoms with E-state index in [1.165, 1.54) is 37.0 Å². The Morgan fingerprint density at radius 3 is 2.53 bits per heavy atom. The molecule has 0 saturated carbocycles. The van der Waals surface area contributed by atoms with Gasteiger partial charge in [-0.1, -0.05) is 36.8 Å². The van der Waals surface area contributed by atoms with E-state index in [4.69, 9.17) is 4.98 Å². The zero-order valence-corrected chi connectivity index (χ0v) is 20.9. The molecule has 0 spiro atoms. The summed E-state index contributed by atoms with van der Waals surface area (Å²) in [5.74, 6) is 0.435. The largest absolute Gasteiger partial charge is 0.337 e. The molecule has 3 aromatic heterocycles. The number of fused-ring (bicyclic) bond motifs is 2. The lowest BCUT2D eigenvalue weighted by molar-refractivity contribution is 0.220. The zero-order valence-electron chi connectivity index (χ0n) is 20.9. The predicted molar refractivity (Wildman–Crippen MR) is 149 cm³/mol. The summed E-state index contributed by atoms with van der Waals surface area (Å²) in [5, 5.41) is 8.76. The van der Waals surface area contributed by atoms with Crippen LogP contribution in [-0.2, 0) is 6.54 Å². The van der Waals surface area contributed by atoms with Crippen LogP contribution >= 0.6 is 0 Å². The third kappa shape index (κ3) is 4.25. The van der Waals surface area contributed by atoms with Crippen molar-refractivity contribution >= 4 is 21.9 Å². The Hall–Kier alpha value is -4.36. The summed E-state index contributed by atoms with van der Waals surface area (Å²) in [6.45, 7) is 3.26. The number of nitrogens with one attached hydrogen (secondary N) is 2. The Labute approximate surface area is 219 Å². The minimum atomic E-state index is -0.255. The van der Waals surface area contributed by atoms with Crippen molar-refractivity contribution in [3.05, 3.63) is 90.5 Å². The number of likely N-dealkylation sites (tertiary alicyclic amines) is 1. The standard InChI is InChI=1S/C31H27FN6/c32-24-10-7-21(8-11-24)25-5-4-6-28-29(25)35-31(34-28)30-26-16-22(9-12-27(26)36-37-30)23-15-20(17-33-18-23)19-38-13-2-1-3-14-38/h4-12,15-18H,1-3,13-14,19H2,(H,34,35)(H,36,37). The lowest BCUT2D eigenvalue weighted by atomic mass is 10.0. The predicted octanol–water partition coefficient (Wildman–Crippen LogP) is 6.96. The van der Waals surface area contributed by atoms with Crippen LogP contribution in [0.25, 0.3) is 55.7 Å². The Kier molecular flexibility index (Phi) is 5.70. The molecule has 0 bridgehead atoms. The first-order valence-corrected chi connectivity index (χ1v) is 13.1. The van der Waals surface area contributed by atoms with E-state index in [1.807, 2.05) is 30.6 Å². The molecule has 0 radical (unpaired) electrons. The quantitative estimate of drug-likeness (QED) is 0.267. The number of H-pyrrole nitrogens is 2. The molecule has 188 valence electrons. The Bertz CT molecular complexity index is 1740. The summed E-state index contributed by atoms with van der Waals surface area (Å²) in [6, 6.07) is 21.1. The summed E-state index contributed by atoms with van der Waals surface area (Å²) in [6.07, 6.45) is 7.80. The second-order valence-electron chi connectivity index (χ2n) is 10.0. The van der Waals surface area contributed by atoms with Crippen molar-refractivity contribution in [2.75, 3.05) is 13.1 Å². The number of aromatic nitrogens is 5.